The highest BCUT2D eigenvalue weighted by atomic mass is 16.4. The number of aryl methyl sites for hydroxylation is 1. The van der Waals surface area contributed by atoms with Crippen molar-refractivity contribution in [3.05, 3.63) is 59.7 Å². The molecule has 0 amide bonds. The molecular weight excluding hydrogens is 286 g/mol. The molecule has 0 radical (unpaired) electrons. The van der Waals surface area contributed by atoms with Crippen molar-refractivity contribution < 1.29 is 9.90 Å². The molecule has 2 aromatic carbocycles. The number of hydrogen-bond acceptors (Lipinski definition) is 2. The summed E-state index contributed by atoms with van der Waals surface area (Å²) in [6.07, 6.45) is 1.77. The van der Waals surface area contributed by atoms with Crippen LogP contribution in [0.5, 0.6) is 0 Å². The molecule has 3 rings (SSSR count). The second-order valence-electron chi connectivity index (χ2n) is 6.48. The summed E-state index contributed by atoms with van der Waals surface area (Å²) in [4.78, 5) is 13.5. The minimum Gasteiger partial charge on any atom is -0.481 e. The number of aliphatic carboxylic acids is 1. The predicted octanol–water partition coefficient (Wildman–Crippen LogP) is 3.96. The van der Waals surface area contributed by atoms with Crippen LogP contribution in [0.25, 0.3) is 11.1 Å². The van der Waals surface area contributed by atoms with E-state index in [9.17, 15) is 9.90 Å². The van der Waals surface area contributed by atoms with E-state index in [-0.39, 0.29) is 5.92 Å². The Morgan fingerprint density at radius 2 is 1.96 bits per heavy atom. The van der Waals surface area contributed by atoms with Crippen LogP contribution in [0.2, 0.25) is 0 Å². The number of hydrogen-bond donors (Lipinski definition) is 1. The molecule has 1 atom stereocenters. The number of nitrogens with zero attached hydrogens (tertiary/aromatic N) is 1. The summed E-state index contributed by atoms with van der Waals surface area (Å²) >= 11 is 0. The molecule has 1 saturated heterocycles. The van der Waals surface area contributed by atoms with Crippen LogP contribution in [0.15, 0.2) is 48.5 Å². The van der Waals surface area contributed by atoms with Crippen molar-refractivity contribution in [2.45, 2.75) is 26.3 Å². The molecule has 1 aliphatic heterocycles. The molecule has 23 heavy (non-hydrogen) atoms. The Morgan fingerprint density at radius 3 is 2.70 bits per heavy atom. The van der Waals surface area contributed by atoms with Crippen molar-refractivity contribution >= 4 is 5.97 Å². The SMILES string of the molecule is Cc1ccc(-c2cccc(CN3CCCC(C(=O)O)C3)c2)cc1. The molecule has 2 aromatic rings. The summed E-state index contributed by atoms with van der Waals surface area (Å²) in [5.41, 5.74) is 4.95. The number of likely N-dealkylation sites (tertiary alicyclic amines) is 1. The van der Waals surface area contributed by atoms with Gasteiger partial charge in [-0.1, -0.05) is 48.0 Å². The van der Waals surface area contributed by atoms with Gasteiger partial charge in [0.15, 0.2) is 0 Å². The fourth-order valence-electron chi connectivity index (χ4n) is 3.25. The molecule has 3 nitrogen and oxygen atoms in total. The molecule has 1 aliphatic rings. The van der Waals surface area contributed by atoms with Gasteiger partial charge in [0.25, 0.3) is 0 Å². The zero-order valence-electron chi connectivity index (χ0n) is 13.5. The molecule has 3 heteroatoms. The highest BCUT2D eigenvalue weighted by Gasteiger charge is 2.25. The number of carboxylic acids is 1. The van der Waals surface area contributed by atoms with Crippen LogP contribution in [-0.2, 0) is 11.3 Å². The minimum atomic E-state index is -0.664. The van der Waals surface area contributed by atoms with E-state index in [2.05, 4.69) is 60.4 Å². The molecular formula is C20H23NO2. The average molecular weight is 309 g/mol. The van der Waals surface area contributed by atoms with Crippen molar-refractivity contribution in [2.75, 3.05) is 13.1 Å². The Balaban J connectivity index is 1.72. The van der Waals surface area contributed by atoms with Gasteiger partial charge in [-0.3, -0.25) is 9.69 Å². The lowest BCUT2D eigenvalue weighted by molar-refractivity contribution is -0.143. The number of rotatable bonds is 4. The van der Waals surface area contributed by atoms with E-state index in [1.54, 1.807) is 0 Å². The zero-order valence-corrected chi connectivity index (χ0v) is 13.5. The molecule has 0 bridgehead atoms. The fourth-order valence-corrected chi connectivity index (χ4v) is 3.25. The third kappa shape index (κ3) is 3.99. The Hall–Kier alpha value is -2.13. The smallest absolute Gasteiger partial charge is 0.307 e. The molecule has 1 N–H and O–H groups in total. The highest BCUT2D eigenvalue weighted by molar-refractivity contribution is 5.70. The van der Waals surface area contributed by atoms with Gasteiger partial charge in [0.1, 0.15) is 0 Å². The third-order valence-corrected chi connectivity index (χ3v) is 4.57. The van der Waals surface area contributed by atoms with Crippen LogP contribution in [-0.4, -0.2) is 29.1 Å². The summed E-state index contributed by atoms with van der Waals surface area (Å²) in [5.74, 6) is -0.882. The Morgan fingerprint density at radius 1 is 1.17 bits per heavy atom. The molecule has 1 fully saturated rings. The first-order valence-electron chi connectivity index (χ1n) is 8.23. The minimum absolute atomic E-state index is 0.218. The molecule has 1 unspecified atom stereocenters. The van der Waals surface area contributed by atoms with Gasteiger partial charge < -0.3 is 5.11 Å². The average Bonchev–Trinajstić information content (AvgIpc) is 2.56. The summed E-state index contributed by atoms with van der Waals surface area (Å²) in [6, 6.07) is 17.1. The molecule has 0 aromatic heterocycles. The van der Waals surface area contributed by atoms with E-state index in [0.29, 0.717) is 6.54 Å². The van der Waals surface area contributed by atoms with Crippen LogP contribution >= 0.6 is 0 Å². The number of carboxylic acid groups (broad SMARTS) is 1. The van der Waals surface area contributed by atoms with Gasteiger partial charge in [0, 0.05) is 13.1 Å². The van der Waals surface area contributed by atoms with E-state index in [4.69, 9.17) is 0 Å². The molecule has 1 heterocycles. The van der Waals surface area contributed by atoms with E-state index in [1.165, 1.54) is 22.3 Å². The lowest BCUT2D eigenvalue weighted by Crippen LogP contribution is -2.38. The first-order valence-corrected chi connectivity index (χ1v) is 8.23. The summed E-state index contributed by atoms with van der Waals surface area (Å²) in [7, 11) is 0. The molecule has 0 spiro atoms. The van der Waals surface area contributed by atoms with Crippen LogP contribution in [0, 0.1) is 12.8 Å². The second-order valence-corrected chi connectivity index (χ2v) is 6.48. The molecule has 0 saturated carbocycles. The van der Waals surface area contributed by atoms with Gasteiger partial charge in [0.2, 0.25) is 0 Å². The zero-order chi connectivity index (χ0) is 16.2. The largest absolute Gasteiger partial charge is 0.481 e. The lowest BCUT2D eigenvalue weighted by atomic mass is 9.97. The van der Waals surface area contributed by atoms with E-state index < -0.39 is 5.97 Å². The van der Waals surface area contributed by atoms with Gasteiger partial charge in [-0.25, -0.2) is 0 Å². The van der Waals surface area contributed by atoms with Gasteiger partial charge in [0.05, 0.1) is 5.92 Å². The Kier molecular flexibility index (Phi) is 4.77. The van der Waals surface area contributed by atoms with Gasteiger partial charge in [-0.15, -0.1) is 0 Å². The standard InChI is InChI=1S/C20H23NO2/c1-15-7-9-17(10-8-15)18-5-2-4-16(12-18)13-21-11-3-6-19(14-21)20(22)23/h2,4-5,7-10,12,19H,3,6,11,13-14H2,1H3,(H,22,23). The van der Waals surface area contributed by atoms with E-state index >= 15 is 0 Å². The topological polar surface area (TPSA) is 40.5 Å². The van der Waals surface area contributed by atoms with Gasteiger partial charge in [-0.2, -0.15) is 0 Å². The predicted molar refractivity (Wildman–Crippen MR) is 92.3 cm³/mol. The normalized spacial score (nSPS) is 18.7. The Bertz CT molecular complexity index is 678. The quantitative estimate of drug-likeness (QED) is 0.929. The first kappa shape index (κ1) is 15.8. The first-order chi connectivity index (χ1) is 11.1. The third-order valence-electron chi connectivity index (χ3n) is 4.57. The molecule has 120 valence electrons. The van der Waals surface area contributed by atoms with Crippen LogP contribution in [0.1, 0.15) is 24.0 Å². The maximum Gasteiger partial charge on any atom is 0.307 e. The van der Waals surface area contributed by atoms with E-state index in [0.717, 1.165) is 25.9 Å². The monoisotopic (exact) mass is 309 g/mol. The number of piperidine rings is 1. The second kappa shape index (κ2) is 6.97. The van der Waals surface area contributed by atoms with Gasteiger partial charge in [-0.05, 0) is 49.1 Å². The van der Waals surface area contributed by atoms with E-state index in [1.807, 2.05) is 0 Å². The molecule has 0 aliphatic carbocycles. The Labute approximate surface area is 137 Å². The van der Waals surface area contributed by atoms with Crippen molar-refractivity contribution in [3.8, 4) is 11.1 Å². The van der Waals surface area contributed by atoms with Gasteiger partial charge >= 0.3 is 5.97 Å². The van der Waals surface area contributed by atoms with Crippen LogP contribution in [0.4, 0.5) is 0 Å². The highest BCUT2D eigenvalue weighted by Crippen LogP contribution is 2.23. The van der Waals surface area contributed by atoms with Crippen molar-refractivity contribution in [3.63, 3.8) is 0 Å². The summed E-state index contributed by atoms with van der Waals surface area (Å²) in [6.45, 7) is 4.56. The number of carbonyl (C=O) groups is 1. The maximum absolute atomic E-state index is 11.2. The summed E-state index contributed by atoms with van der Waals surface area (Å²) in [5, 5.41) is 9.21. The van der Waals surface area contributed by atoms with Crippen molar-refractivity contribution in [1.29, 1.82) is 0 Å². The van der Waals surface area contributed by atoms with Crippen molar-refractivity contribution in [1.82, 2.24) is 4.90 Å². The fraction of sp³-hybridized carbons (Fsp3) is 0.350. The summed E-state index contributed by atoms with van der Waals surface area (Å²) < 4.78 is 0. The number of benzene rings is 2. The lowest BCUT2D eigenvalue weighted by Gasteiger charge is -2.30. The van der Waals surface area contributed by atoms with Crippen molar-refractivity contribution in [2.24, 2.45) is 5.92 Å². The van der Waals surface area contributed by atoms with Crippen LogP contribution in [0.3, 0.4) is 0 Å². The van der Waals surface area contributed by atoms with Crippen LogP contribution < -0.4 is 0 Å². The maximum atomic E-state index is 11.2.